The third-order valence-corrected chi connectivity index (χ3v) is 3.23. The summed E-state index contributed by atoms with van der Waals surface area (Å²) in [7, 11) is 0. The van der Waals surface area contributed by atoms with Crippen molar-refractivity contribution in [2.75, 3.05) is 0 Å². The lowest BCUT2D eigenvalue weighted by Crippen LogP contribution is -2.10. The molecule has 3 nitrogen and oxygen atoms in total. The summed E-state index contributed by atoms with van der Waals surface area (Å²) in [5.41, 5.74) is 8.01. The van der Waals surface area contributed by atoms with Gasteiger partial charge in [-0.3, -0.25) is 0 Å². The van der Waals surface area contributed by atoms with Gasteiger partial charge in [0, 0.05) is 29.9 Å². The molecule has 100 valence electrons. The fourth-order valence-electron chi connectivity index (χ4n) is 1.91. The zero-order chi connectivity index (χ0) is 14.0. The van der Waals surface area contributed by atoms with Crippen molar-refractivity contribution in [3.8, 4) is 0 Å². The van der Waals surface area contributed by atoms with E-state index in [0.717, 1.165) is 11.3 Å². The number of aromatic nitrogens is 2. The van der Waals surface area contributed by atoms with Gasteiger partial charge in [0.15, 0.2) is 0 Å². The molecule has 0 fully saturated rings. The molecule has 2 rings (SSSR count). The number of nitrogens with two attached hydrogens (primary N) is 1. The predicted octanol–water partition coefficient (Wildman–Crippen LogP) is 3.19. The Morgan fingerprint density at radius 3 is 2.79 bits per heavy atom. The van der Waals surface area contributed by atoms with Crippen LogP contribution in [0.4, 0.5) is 4.39 Å². The summed E-state index contributed by atoms with van der Waals surface area (Å²) in [6.07, 6.45) is 2.01. The molecule has 0 bridgehead atoms. The minimum Gasteiger partial charge on any atom is -0.324 e. The molecule has 0 spiro atoms. The molecule has 0 amide bonds. The molecule has 19 heavy (non-hydrogen) atoms. The zero-order valence-corrected chi connectivity index (χ0v) is 11.6. The molecule has 0 unspecified atom stereocenters. The zero-order valence-electron chi connectivity index (χ0n) is 10.8. The Morgan fingerprint density at radius 1 is 1.42 bits per heavy atom. The van der Waals surface area contributed by atoms with Crippen LogP contribution in [0.15, 0.2) is 24.4 Å². The monoisotopic (exact) mass is 279 g/mol. The summed E-state index contributed by atoms with van der Waals surface area (Å²) in [5, 5.41) is 0.112. The van der Waals surface area contributed by atoms with Crippen LogP contribution in [0.5, 0.6) is 0 Å². The van der Waals surface area contributed by atoms with Gasteiger partial charge >= 0.3 is 0 Å². The van der Waals surface area contributed by atoms with Crippen molar-refractivity contribution in [1.29, 1.82) is 0 Å². The highest BCUT2D eigenvalue weighted by Crippen LogP contribution is 2.20. The van der Waals surface area contributed by atoms with Crippen LogP contribution in [0.3, 0.4) is 0 Å². The maximum absolute atomic E-state index is 13.8. The number of nitrogens with zero attached hydrogens (tertiary/aromatic N) is 2. The average Bonchev–Trinajstić information content (AvgIpc) is 2.34. The molecule has 0 aliphatic heterocycles. The Balaban J connectivity index is 2.29. The predicted molar refractivity (Wildman–Crippen MR) is 73.6 cm³/mol. The van der Waals surface area contributed by atoms with Gasteiger partial charge < -0.3 is 5.73 Å². The normalized spacial score (nSPS) is 12.5. The van der Waals surface area contributed by atoms with Gasteiger partial charge in [0.1, 0.15) is 11.6 Å². The van der Waals surface area contributed by atoms with Gasteiger partial charge in [-0.25, -0.2) is 14.4 Å². The number of halogens is 2. The molecule has 2 aromatic rings. The second-order valence-electron chi connectivity index (χ2n) is 4.51. The maximum Gasteiger partial charge on any atom is 0.145 e. The smallest absolute Gasteiger partial charge is 0.145 e. The number of aryl methyl sites for hydroxylation is 1. The summed E-state index contributed by atoms with van der Waals surface area (Å²) < 4.78 is 13.8. The van der Waals surface area contributed by atoms with Gasteiger partial charge in [0.2, 0.25) is 0 Å². The van der Waals surface area contributed by atoms with Crippen LogP contribution in [0.1, 0.15) is 35.6 Å². The lowest BCUT2D eigenvalue weighted by atomic mass is 10.1. The molecule has 0 saturated heterocycles. The lowest BCUT2D eigenvalue weighted by molar-refractivity contribution is 0.612. The van der Waals surface area contributed by atoms with Crippen LogP contribution < -0.4 is 5.73 Å². The standard InChI is InChI=1S/C14H15ClFN3/c1-8(17)11-7-18-13(19-9(11)2)6-10-4-3-5-12(15)14(10)16/h3-5,7-8H,6,17H2,1-2H3/t8-/m0/s1. The second kappa shape index (κ2) is 5.63. The summed E-state index contributed by atoms with van der Waals surface area (Å²) in [4.78, 5) is 8.59. The van der Waals surface area contributed by atoms with Gasteiger partial charge in [-0.2, -0.15) is 0 Å². The Kier molecular flexibility index (Phi) is 4.12. The van der Waals surface area contributed by atoms with Gasteiger partial charge in [0.25, 0.3) is 0 Å². The topological polar surface area (TPSA) is 51.8 Å². The van der Waals surface area contributed by atoms with Crippen molar-refractivity contribution in [3.05, 3.63) is 57.9 Å². The molecular formula is C14H15ClFN3. The summed E-state index contributed by atoms with van der Waals surface area (Å²) in [5.74, 6) is 0.143. The Morgan fingerprint density at radius 2 is 2.16 bits per heavy atom. The molecule has 0 aliphatic rings. The van der Waals surface area contributed by atoms with Gasteiger partial charge in [-0.05, 0) is 25.5 Å². The molecule has 1 atom stereocenters. The van der Waals surface area contributed by atoms with E-state index >= 15 is 0 Å². The molecule has 1 heterocycles. The van der Waals surface area contributed by atoms with Crippen LogP contribution >= 0.6 is 11.6 Å². The van der Waals surface area contributed by atoms with E-state index in [2.05, 4.69) is 9.97 Å². The molecule has 0 radical (unpaired) electrons. The first kappa shape index (κ1) is 13.9. The van der Waals surface area contributed by atoms with Crippen molar-refractivity contribution in [3.63, 3.8) is 0 Å². The van der Waals surface area contributed by atoms with E-state index in [1.54, 1.807) is 18.3 Å². The van der Waals surface area contributed by atoms with Crippen LogP contribution in [-0.2, 0) is 6.42 Å². The van der Waals surface area contributed by atoms with Crippen LogP contribution in [0, 0.1) is 12.7 Å². The fourth-order valence-corrected chi connectivity index (χ4v) is 2.11. The van der Waals surface area contributed by atoms with E-state index < -0.39 is 5.82 Å². The summed E-state index contributed by atoms with van der Waals surface area (Å²) in [6.45, 7) is 3.75. The Bertz CT molecular complexity index is 599. The van der Waals surface area contributed by atoms with Crippen molar-refractivity contribution in [2.24, 2.45) is 5.73 Å². The third-order valence-electron chi connectivity index (χ3n) is 2.94. The second-order valence-corrected chi connectivity index (χ2v) is 4.91. The van der Waals surface area contributed by atoms with E-state index in [-0.39, 0.29) is 11.1 Å². The average molecular weight is 280 g/mol. The molecular weight excluding hydrogens is 265 g/mol. The quantitative estimate of drug-likeness (QED) is 0.939. The third kappa shape index (κ3) is 3.08. The molecule has 5 heteroatoms. The Labute approximate surface area is 116 Å². The summed E-state index contributed by atoms with van der Waals surface area (Å²) in [6, 6.07) is 4.80. The van der Waals surface area contributed by atoms with E-state index in [9.17, 15) is 4.39 Å². The molecule has 0 saturated carbocycles. The first-order valence-electron chi connectivity index (χ1n) is 6.00. The molecule has 2 N–H and O–H groups in total. The van der Waals surface area contributed by atoms with Crippen molar-refractivity contribution < 1.29 is 4.39 Å². The molecule has 0 aliphatic carbocycles. The van der Waals surface area contributed by atoms with E-state index in [1.807, 2.05) is 13.8 Å². The van der Waals surface area contributed by atoms with Crippen LogP contribution in [0.25, 0.3) is 0 Å². The number of benzene rings is 1. The SMILES string of the molecule is Cc1nc(Cc2cccc(Cl)c2F)ncc1[C@H](C)N. The number of rotatable bonds is 3. The van der Waals surface area contributed by atoms with Crippen LogP contribution in [0.2, 0.25) is 5.02 Å². The van der Waals surface area contributed by atoms with Gasteiger partial charge in [-0.15, -0.1) is 0 Å². The minimum atomic E-state index is -0.415. The highest BCUT2D eigenvalue weighted by atomic mass is 35.5. The largest absolute Gasteiger partial charge is 0.324 e. The maximum atomic E-state index is 13.8. The summed E-state index contributed by atoms with van der Waals surface area (Å²) >= 11 is 5.75. The highest BCUT2D eigenvalue weighted by molar-refractivity contribution is 6.30. The number of hydrogen-bond donors (Lipinski definition) is 1. The van der Waals surface area contributed by atoms with E-state index in [1.165, 1.54) is 6.07 Å². The first-order valence-corrected chi connectivity index (χ1v) is 6.37. The van der Waals surface area contributed by atoms with Crippen molar-refractivity contribution in [2.45, 2.75) is 26.3 Å². The van der Waals surface area contributed by atoms with Crippen molar-refractivity contribution >= 4 is 11.6 Å². The highest BCUT2D eigenvalue weighted by Gasteiger charge is 2.11. The molecule has 1 aromatic carbocycles. The Hall–Kier alpha value is -1.52. The lowest BCUT2D eigenvalue weighted by Gasteiger charge is -2.10. The van der Waals surface area contributed by atoms with E-state index in [0.29, 0.717) is 17.8 Å². The van der Waals surface area contributed by atoms with E-state index in [4.69, 9.17) is 17.3 Å². The van der Waals surface area contributed by atoms with Gasteiger partial charge in [-0.1, -0.05) is 23.7 Å². The number of hydrogen-bond acceptors (Lipinski definition) is 3. The minimum absolute atomic E-state index is 0.112. The van der Waals surface area contributed by atoms with Gasteiger partial charge in [0.05, 0.1) is 5.02 Å². The fraction of sp³-hybridized carbons (Fsp3) is 0.286. The first-order chi connectivity index (χ1) is 8.99. The molecule has 1 aromatic heterocycles. The van der Waals surface area contributed by atoms with Crippen molar-refractivity contribution in [1.82, 2.24) is 9.97 Å². The van der Waals surface area contributed by atoms with Crippen LogP contribution in [-0.4, -0.2) is 9.97 Å².